The Bertz CT molecular complexity index is 653. The van der Waals surface area contributed by atoms with Gasteiger partial charge < -0.3 is 16.0 Å². The van der Waals surface area contributed by atoms with Crippen LogP contribution >= 0.6 is 11.3 Å². The summed E-state index contributed by atoms with van der Waals surface area (Å²) in [4.78, 5) is 30.7. The molecular formula is C13H16N4O2S. The molecule has 0 saturated carbocycles. The van der Waals surface area contributed by atoms with Crippen LogP contribution in [0.5, 0.6) is 0 Å². The molecule has 0 atom stereocenters. The van der Waals surface area contributed by atoms with Gasteiger partial charge in [0.15, 0.2) is 0 Å². The zero-order valence-electron chi connectivity index (χ0n) is 11.3. The Labute approximate surface area is 120 Å². The molecule has 0 fully saturated rings. The molecule has 0 unspecified atom stereocenters. The molecule has 0 aliphatic carbocycles. The van der Waals surface area contributed by atoms with E-state index in [1.165, 1.54) is 16.2 Å². The summed E-state index contributed by atoms with van der Waals surface area (Å²) < 4.78 is 0. The predicted molar refractivity (Wildman–Crippen MR) is 79.7 cm³/mol. The maximum atomic E-state index is 12.5. The summed E-state index contributed by atoms with van der Waals surface area (Å²) >= 11 is 1.25. The first-order chi connectivity index (χ1) is 9.58. The maximum absolute atomic E-state index is 12.5. The lowest BCUT2D eigenvalue weighted by Gasteiger charge is -2.19. The second-order valence-corrected chi connectivity index (χ2v) is 5.19. The molecule has 0 radical (unpaired) electrons. The van der Waals surface area contributed by atoms with Gasteiger partial charge in [0.05, 0.1) is 12.2 Å². The SMILES string of the molecule is CCN(CC(=O)NC)C(=O)c1sc2ncccc2c1N. The number of nitrogens with two attached hydrogens (primary N) is 1. The monoisotopic (exact) mass is 292 g/mol. The summed E-state index contributed by atoms with van der Waals surface area (Å²) in [5.74, 6) is -0.449. The molecule has 20 heavy (non-hydrogen) atoms. The molecule has 0 spiro atoms. The van der Waals surface area contributed by atoms with Crippen LogP contribution in [0, 0.1) is 0 Å². The van der Waals surface area contributed by atoms with Gasteiger partial charge in [0.25, 0.3) is 5.91 Å². The van der Waals surface area contributed by atoms with Gasteiger partial charge in [0.1, 0.15) is 9.71 Å². The number of nitrogens with one attached hydrogen (secondary N) is 1. The lowest BCUT2D eigenvalue weighted by Crippen LogP contribution is -2.39. The molecule has 0 aromatic carbocycles. The summed E-state index contributed by atoms with van der Waals surface area (Å²) in [6.45, 7) is 2.28. The van der Waals surface area contributed by atoms with Gasteiger partial charge in [-0.3, -0.25) is 9.59 Å². The minimum atomic E-state index is -0.239. The molecule has 6 nitrogen and oxygen atoms in total. The molecule has 2 heterocycles. The smallest absolute Gasteiger partial charge is 0.266 e. The zero-order valence-corrected chi connectivity index (χ0v) is 12.2. The number of pyridine rings is 1. The molecule has 2 rings (SSSR count). The van der Waals surface area contributed by atoms with Gasteiger partial charge in [-0.25, -0.2) is 4.98 Å². The van der Waals surface area contributed by atoms with E-state index in [0.29, 0.717) is 17.1 Å². The third-order valence-electron chi connectivity index (χ3n) is 2.98. The average molecular weight is 292 g/mol. The Kier molecular flexibility index (Phi) is 4.19. The molecule has 7 heteroatoms. The van der Waals surface area contributed by atoms with Crippen LogP contribution in [0.25, 0.3) is 10.2 Å². The van der Waals surface area contributed by atoms with E-state index in [1.54, 1.807) is 19.3 Å². The summed E-state index contributed by atoms with van der Waals surface area (Å²) in [5.41, 5.74) is 6.45. The fourth-order valence-electron chi connectivity index (χ4n) is 1.83. The first kappa shape index (κ1) is 14.3. The van der Waals surface area contributed by atoms with Gasteiger partial charge >= 0.3 is 0 Å². The average Bonchev–Trinajstić information content (AvgIpc) is 2.81. The number of nitrogen functional groups attached to an aromatic ring is 1. The number of hydrogen-bond acceptors (Lipinski definition) is 5. The van der Waals surface area contributed by atoms with Crippen LogP contribution in [0.1, 0.15) is 16.6 Å². The summed E-state index contributed by atoms with van der Waals surface area (Å²) in [5, 5.41) is 3.28. The van der Waals surface area contributed by atoms with E-state index in [1.807, 2.05) is 13.0 Å². The van der Waals surface area contributed by atoms with Crippen molar-refractivity contribution in [1.29, 1.82) is 0 Å². The molecule has 2 aromatic heterocycles. The second-order valence-electron chi connectivity index (χ2n) is 4.19. The van der Waals surface area contributed by atoms with Crippen LogP contribution in [-0.2, 0) is 4.79 Å². The molecule has 0 aliphatic heterocycles. The Morgan fingerprint density at radius 1 is 1.50 bits per heavy atom. The quantitative estimate of drug-likeness (QED) is 0.883. The van der Waals surface area contributed by atoms with Crippen molar-refractivity contribution in [3.8, 4) is 0 Å². The highest BCUT2D eigenvalue weighted by molar-refractivity contribution is 7.21. The lowest BCUT2D eigenvalue weighted by molar-refractivity contribution is -0.121. The molecule has 0 saturated heterocycles. The van der Waals surface area contributed by atoms with Gasteiger partial charge in [-0.1, -0.05) is 0 Å². The number of fused-ring (bicyclic) bond motifs is 1. The Hall–Kier alpha value is -2.15. The first-order valence-electron chi connectivity index (χ1n) is 6.21. The number of aromatic nitrogens is 1. The van der Waals surface area contributed by atoms with Crippen LogP contribution < -0.4 is 11.1 Å². The number of thiophene rings is 1. The number of carbonyl (C=O) groups excluding carboxylic acids is 2. The van der Waals surface area contributed by atoms with Gasteiger partial charge in [-0.15, -0.1) is 11.3 Å². The lowest BCUT2D eigenvalue weighted by atomic mass is 10.2. The van der Waals surface area contributed by atoms with Gasteiger partial charge in [-0.2, -0.15) is 0 Å². The van der Waals surface area contributed by atoms with Crippen LogP contribution in [0.2, 0.25) is 0 Å². The number of likely N-dealkylation sites (N-methyl/N-ethyl adjacent to an activating group) is 2. The van der Waals surface area contributed by atoms with E-state index >= 15 is 0 Å². The summed E-state index contributed by atoms with van der Waals surface area (Å²) in [6.07, 6.45) is 1.66. The topological polar surface area (TPSA) is 88.3 Å². The van der Waals surface area contributed by atoms with E-state index < -0.39 is 0 Å². The normalized spacial score (nSPS) is 10.5. The molecule has 106 valence electrons. The number of nitrogens with zero attached hydrogens (tertiary/aromatic N) is 2. The van der Waals surface area contributed by atoms with E-state index in [4.69, 9.17) is 5.73 Å². The minimum Gasteiger partial charge on any atom is -0.397 e. The molecule has 0 aliphatic rings. The predicted octanol–water partition coefficient (Wildman–Crippen LogP) is 1.09. The summed E-state index contributed by atoms with van der Waals surface area (Å²) in [7, 11) is 1.54. The highest BCUT2D eigenvalue weighted by Crippen LogP contribution is 2.32. The van der Waals surface area contributed by atoms with Crippen molar-refractivity contribution >= 4 is 39.1 Å². The van der Waals surface area contributed by atoms with E-state index in [0.717, 1.165) is 10.2 Å². The second kappa shape index (κ2) is 5.87. The molecule has 3 N–H and O–H groups in total. The number of hydrogen-bond donors (Lipinski definition) is 2. The van der Waals surface area contributed by atoms with Crippen LogP contribution in [-0.4, -0.2) is 41.8 Å². The van der Waals surface area contributed by atoms with Crippen molar-refractivity contribution in [2.45, 2.75) is 6.92 Å². The fourth-order valence-corrected chi connectivity index (χ4v) is 2.86. The van der Waals surface area contributed by atoms with Crippen molar-refractivity contribution in [3.63, 3.8) is 0 Å². The minimum absolute atomic E-state index is 0.0208. The van der Waals surface area contributed by atoms with Crippen molar-refractivity contribution in [2.75, 3.05) is 25.9 Å². The van der Waals surface area contributed by atoms with Crippen LogP contribution in [0.15, 0.2) is 18.3 Å². The standard InChI is InChI=1S/C13H16N4O2S/c1-3-17(7-9(18)15-2)13(19)11-10(14)8-5-4-6-16-12(8)20-11/h4-6H,3,7,14H2,1-2H3,(H,15,18). The van der Waals surface area contributed by atoms with Crippen molar-refractivity contribution < 1.29 is 9.59 Å². The first-order valence-corrected chi connectivity index (χ1v) is 7.03. The number of anilines is 1. The van der Waals surface area contributed by atoms with Crippen molar-refractivity contribution in [2.24, 2.45) is 0 Å². The third kappa shape index (κ3) is 2.57. The summed E-state index contributed by atoms with van der Waals surface area (Å²) in [6, 6.07) is 3.61. The Balaban J connectivity index is 2.34. The van der Waals surface area contributed by atoms with Gasteiger partial charge in [-0.05, 0) is 19.1 Å². The zero-order chi connectivity index (χ0) is 14.7. The molecule has 2 amide bonds. The van der Waals surface area contributed by atoms with Crippen LogP contribution in [0.3, 0.4) is 0 Å². The van der Waals surface area contributed by atoms with Crippen molar-refractivity contribution in [3.05, 3.63) is 23.2 Å². The molecule has 2 aromatic rings. The van der Waals surface area contributed by atoms with Crippen molar-refractivity contribution in [1.82, 2.24) is 15.2 Å². The number of amides is 2. The van der Waals surface area contributed by atoms with E-state index in [2.05, 4.69) is 10.3 Å². The largest absolute Gasteiger partial charge is 0.397 e. The van der Waals surface area contributed by atoms with Gasteiger partial charge in [0.2, 0.25) is 5.91 Å². The fraction of sp³-hybridized carbons (Fsp3) is 0.308. The third-order valence-corrected chi connectivity index (χ3v) is 4.10. The molecular weight excluding hydrogens is 276 g/mol. The molecule has 0 bridgehead atoms. The Morgan fingerprint density at radius 3 is 2.85 bits per heavy atom. The highest BCUT2D eigenvalue weighted by Gasteiger charge is 2.22. The highest BCUT2D eigenvalue weighted by atomic mass is 32.1. The number of rotatable bonds is 4. The number of carbonyl (C=O) groups is 2. The Morgan fingerprint density at radius 2 is 2.25 bits per heavy atom. The van der Waals surface area contributed by atoms with Gasteiger partial charge in [0, 0.05) is 25.2 Å². The maximum Gasteiger partial charge on any atom is 0.266 e. The van der Waals surface area contributed by atoms with E-state index in [-0.39, 0.29) is 18.4 Å². The van der Waals surface area contributed by atoms with E-state index in [9.17, 15) is 9.59 Å². The van der Waals surface area contributed by atoms with Crippen LogP contribution in [0.4, 0.5) is 5.69 Å².